The minimum Gasteiger partial charge on any atom is -0.452 e. The molecule has 0 spiro atoms. The number of hydrogen-bond donors (Lipinski definition) is 1. The van der Waals surface area contributed by atoms with Crippen LogP contribution in [-0.2, 0) is 26.0 Å². The Labute approximate surface area is 144 Å². The van der Waals surface area contributed by atoms with Gasteiger partial charge in [0.2, 0.25) is 10.0 Å². The van der Waals surface area contributed by atoms with Gasteiger partial charge in [-0.1, -0.05) is 18.1 Å². The molecule has 132 valence electrons. The van der Waals surface area contributed by atoms with E-state index in [0.717, 1.165) is 17.8 Å². The second kappa shape index (κ2) is 8.36. The van der Waals surface area contributed by atoms with Gasteiger partial charge in [-0.3, -0.25) is 4.79 Å². The summed E-state index contributed by atoms with van der Waals surface area (Å²) in [5, 5.41) is 5.46. The van der Waals surface area contributed by atoms with Crippen LogP contribution in [0.25, 0.3) is 0 Å². The maximum Gasteiger partial charge on any atom is 0.307 e. The van der Waals surface area contributed by atoms with Crippen molar-refractivity contribution in [1.82, 2.24) is 14.9 Å². The number of ether oxygens (including phenoxy) is 1. The van der Waals surface area contributed by atoms with Crippen LogP contribution in [-0.4, -0.2) is 31.1 Å². The van der Waals surface area contributed by atoms with Gasteiger partial charge < -0.3 is 9.26 Å². The van der Waals surface area contributed by atoms with E-state index in [4.69, 9.17) is 9.26 Å². The Hall–Kier alpha value is -1.78. The molecule has 0 aliphatic rings. The summed E-state index contributed by atoms with van der Waals surface area (Å²) in [6.07, 6.45) is 0.807. The van der Waals surface area contributed by atoms with Gasteiger partial charge in [0.05, 0.1) is 6.42 Å². The highest BCUT2D eigenvalue weighted by molar-refractivity contribution is 7.91. The molecule has 0 amide bonds. The molecule has 8 nitrogen and oxygen atoms in total. The Morgan fingerprint density at radius 3 is 2.96 bits per heavy atom. The van der Waals surface area contributed by atoms with E-state index in [1.807, 2.05) is 6.92 Å². The molecule has 1 N–H and O–H groups in total. The monoisotopic (exact) mass is 373 g/mol. The fourth-order valence-electron chi connectivity index (χ4n) is 1.84. The highest BCUT2D eigenvalue weighted by Crippen LogP contribution is 2.17. The topological polar surface area (TPSA) is 111 Å². The number of nitrogens with one attached hydrogen (secondary N) is 1. The van der Waals surface area contributed by atoms with Gasteiger partial charge in [-0.05, 0) is 24.8 Å². The minimum atomic E-state index is -3.58. The summed E-state index contributed by atoms with van der Waals surface area (Å²) in [6.45, 7) is 3.57. The van der Waals surface area contributed by atoms with Gasteiger partial charge in [-0.2, -0.15) is 4.98 Å². The Morgan fingerprint density at radius 2 is 2.29 bits per heavy atom. The van der Waals surface area contributed by atoms with Crippen molar-refractivity contribution in [3.63, 3.8) is 0 Å². The maximum absolute atomic E-state index is 11.9. The van der Waals surface area contributed by atoms with Crippen molar-refractivity contribution in [3.05, 3.63) is 29.2 Å². The summed E-state index contributed by atoms with van der Waals surface area (Å²) in [5.74, 6) is 0.247. The number of hydrogen-bond acceptors (Lipinski definition) is 8. The average molecular weight is 373 g/mol. The summed E-state index contributed by atoms with van der Waals surface area (Å²) >= 11 is 1.11. The molecule has 0 aliphatic heterocycles. The molecule has 0 radical (unpaired) electrons. The molecule has 0 saturated carbocycles. The van der Waals surface area contributed by atoms with Gasteiger partial charge in [0.1, 0.15) is 4.21 Å². The molecular formula is C14H19N3O5S2. The fourth-order valence-corrected chi connectivity index (χ4v) is 3.91. The number of carbonyl (C=O) groups excluding carboxylic acids is 1. The van der Waals surface area contributed by atoms with Crippen LogP contribution in [0, 0.1) is 0 Å². The zero-order chi connectivity index (χ0) is 17.6. The third-order valence-corrected chi connectivity index (χ3v) is 5.85. The quantitative estimate of drug-likeness (QED) is 0.670. The lowest BCUT2D eigenvalue weighted by Crippen LogP contribution is -2.26. The molecule has 0 saturated heterocycles. The Balaban J connectivity index is 1.78. The van der Waals surface area contributed by atoms with Crippen molar-refractivity contribution in [2.45, 2.75) is 43.4 Å². The highest BCUT2D eigenvalue weighted by atomic mass is 32.2. The molecule has 2 aromatic heterocycles. The molecule has 10 heteroatoms. The van der Waals surface area contributed by atoms with E-state index >= 15 is 0 Å². The summed E-state index contributed by atoms with van der Waals surface area (Å²) < 4.78 is 36.6. The molecule has 0 aromatic carbocycles. The van der Waals surface area contributed by atoms with Gasteiger partial charge in [-0.15, -0.1) is 11.3 Å². The van der Waals surface area contributed by atoms with E-state index < -0.39 is 22.1 Å². The van der Waals surface area contributed by atoms with E-state index in [9.17, 15) is 13.2 Å². The molecule has 2 heterocycles. The number of nitrogens with zero attached hydrogens (tertiary/aromatic N) is 2. The largest absolute Gasteiger partial charge is 0.452 e. The van der Waals surface area contributed by atoms with Crippen molar-refractivity contribution >= 4 is 27.3 Å². The van der Waals surface area contributed by atoms with E-state index in [1.165, 1.54) is 6.07 Å². The Kier molecular flexibility index (Phi) is 6.46. The predicted molar refractivity (Wildman–Crippen MR) is 86.9 cm³/mol. The third-order valence-electron chi connectivity index (χ3n) is 2.99. The normalized spacial score (nSPS) is 12.9. The number of rotatable bonds is 9. The van der Waals surface area contributed by atoms with Crippen molar-refractivity contribution in [1.29, 1.82) is 0 Å². The van der Waals surface area contributed by atoms with Gasteiger partial charge in [0, 0.05) is 13.0 Å². The first-order valence-corrected chi connectivity index (χ1v) is 9.83. The summed E-state index contributed by atoms with van der Waals surface area (Å²) in [7, 11) is -3.58. The van der Waals surface area contributed by atoms with Gasteiger partial charge in [0.25, 0.3) is 5.89 Å². The lowest BCUT2D eigenvalue weighted by molar-refractivity contribution is -0.149. The lowest BCUT2D eigenvalue weighted by Gasteiger charge is -2.09. The van der Waals surface area contributed by atoms with Crippen LogP contribution in [0.2, 0.25) is 0 Å². The van der Waals surface area contributed by atoms with E-state index in [2.05, 4.69) is 14.9 Å². The smallest absolute Gasteiger partial charge is 0.307 e. The number of carbonyl (C=O) groups is 1. The van der Waals surface area contributed by atoms with E-state index in [-0.39, 0.29) is 23.1 Å². The Bertz CT molecular complexity index is 755. The maximum atomic E-state index is 11.9. The summed E-state index contributed by atoms with van der Waals surface area (Å²) in [5.41, 5.74) is 0. The van der Waals surface area contributed by atoms with Crippen molar-refractivity contribution < 1.29 is 22.5 Å². The fraction of sp³-hybridized carbons (Fsp3) is 0.500. The number of esters is 1. The van der Waals surface area contributed by atoms with Crippen LogP contribution in [0.1, 0.15) is 44.5 Å². The Morgan fingerprint density at radius 1 is 1.50 bits per heavy atom. The molecule has 0 aliphatic carbocycles. The van der Waals surface area contributed by atoms with Crippen LogP contribution in [0.3, 0.4) is 0 Å². The molecule has 1 unspecified atom stereocenters. The van der Waals surface area contributed by atoms with Crippen molar-refractivity contribution in [2.24, 2.45) is 0 Å². The third kappa shape index (κ3) is 5.11. The van der Waals surface area contributed by atoms with Crippen LogP contribution >= 0.6 is 11.3 Å². The molecule has 0 bridgehead atoms. The standard InChI is InChI=1S/C14H19N3O5S2/c1-3-5-11-16-14(22-17-11)10(2)21-12(18)7-8-15-24(19,20)13-6-4-9-23-13/h4,6,9-10,15H,3,5,7-8H2,1-2H3. The average Bonchev–Trinajstić information content (AvgIpc) is 3.19. The first kappa shape index (κ1) is 18.6. The number of sulfonamides is 1. The predicted octanol–water partition coefficient (Wildman–Crippen LogP) is 2.06. The first-order chi connectivity index (χ1) is 11.4. The summed E-state index contributed by atoms with van der Waals surface area (Å²) in [4.78, 5) is 15.9. The molecular weight excluding hydrogens is 354 g/mol. The minimum absolute atomic E-state index is 0.0449. The van der Waals surface area contributed by atoms with Crippen LogP contribution in [0.4, 0.5) is 0 Å². The second-order valence-electron chi connectivity index (χ2n) is 5.01. The molecule has 2 rings (SSSR count). The van der Waals surface area contributed by atoms with E-state index in [1.54, 1.807) is 18.4 Å². The van der Waals surface area contributed by atoms with Gasteiger partial charge in [-0.25, -0.2) is 13.1 Å². The molecule has 24 heavy (non-hydrogen) atoms. The zero-order valence-electron chi connectivity index (χ0n) is 13.4. The van der Waals surface area contributed by atoms with Gasteiger partial charge in [0.15, 0.2) is 11.9 Å². The lowest BCUT2D eigenvalue weighted by atomic mass is 10.3. The SMILES string of the molecule is CCCc1noc(C(C)OC(=O)CCNS(=O)(=O)c2cccs2)n1. The van der Waals surface area contributed by atoms with Crippen molar-refractivity contribution in [3.8, 4) is 0 Å². The molecule has 2 aromatic rings. The van der Waals surface area contributed by atoms with Crippen molar-refractivity contribution in [2.75, 3.05) is 6.54 Å². The molecule has 0 fully saturated rings. The zero-order valence-corrected chi connectivity index (χ0v) is 15.0. The first-order valence-electron chi connectivity index (χ1n) is 7.47. The van der Waals surface area contributed by atoms with Crippen LogP contribution in [0.5, 0.6) is 0 Å². The second-order valence-corrected chi connectivity index (χ2v) is 7.95. The van der Waals surface area contributed by atoms with Gasteiger partial charge >= 0.3 is 5.97 Å². The summed E-state index contributed by atoms with van der Waals surface area (Å²) in [6, 6.07) is 3.14. The van der Waals surface area contributed by atoms with E-state index in [0.29, 0.717) is 12.2 Å². The number of thiophene rings is 1. The number of aryl methyl sites for hydroxylation is 1. The van der Waals surface area contributed by atoms with Crippen LogP contribution < -0.4 is 4.72 Å². The number of aromatic nitrogens is 2. The molecule has 1 atom stereocenters. The van der Waals surface area contributed by atoms with Crippen LogP contribution in [0.15, 0.2) is 26.2 Å². The highest BCUT2D eigenvalue weighted by Gasteiger charge is 2.19.